The fourth-order valence-corrected chi connectivity index (χ4v) is 4.90. The summed E-state index contributed by atoms with van der Waals surface area (Å²) in [5, 5.41) is 10.7. The normalized spacial score (nSPS) is 11.6. The quantitative estimate of drug-likeness (QED) is 0.264. The molecule has 3 rings (SSSR count). The van der Waals surface area contributed by atoms with Crippen LogP contribution in [0.15, 0.2) is 71.6 Å². The van der Waals surface area contributed by atoms with Gasteiger partial charge in [-0.1, -0.05) is 36.4 Å². The van der Waals surface area contributed by atoms with E-state index in [0.29, 0.717) is 22.5 Å². The Morgan fingerprint density at radius 1 is 0.878 bits per heavy atom. The number of urea groups is 1. The molecule has 216 valence electrons. The molecule has 11 nitrogen and oxygen atoms in total. The summed E-state index contributed by atoms with van der Waals surface area (Å²) in [6, 6.07) is 16.9. The number of benzene rings is 3. The topological polar surface area (TPSA) is 160 Å². The zero-order valence-corrected chi connectivity index (χ0v) is 23.9. The molecule has 0 heterocycles. The molecule has 0 unspecified atom stereocenters. The van der Waals surface area contributed by atoms with E-state index in [4.69, 9.17) is 4.74 Å². The van der Waals surface area contributed by atoms with Gasteiger partial charge in [-0.3, -0.25) is 14.4 Å². The summed E-state index contributed by atoms with van der Waals surface area (Å²) < 4.78 is 29.7. The van der Waals surface area contributed by atoms with Gasteiger partial charge in [0.2, 0.25) is 11.8 Å². The molecule has 0 spiro atoms. The van der Waals surface area contributed by atoms with E-state index in [1.807, 2.05) is 19.1 Å². The number of para-hydroxylation sites is 1. The van der Waals surface area contributed by atoms with Gasteiger partial charge in [0.15, 0.2) is 9.84 Å². The molecule has 12 heteroatoms. The third-order valence-electron chi connectivity index (χ3n) is 6.02. The summed E-state index contributed by atoms with van der Waals surface area (Å²) in [6.45, 7) is 3.18. The number of sulfone groups is 1. The van der Waals surface area contributed by atoms with Crippen LogP contribution >= 0.6 is 0 Å². The second kappa shape index (κ2) is 13.6. The van der Waals surface area contributed by atoms with Crippen LogP contribution in [0.25, 0.3) is 0 Å². The second-order valence-electron chi connectivity index (χ2n) is 9.38. The van der Waals surface area contributed by atoms with Crippen molar-refractivity contribution in [1.82, 2.24) is 5.32 Å². The van der Waals surface area contributed by atoms with Crippen LogP contribution in [-0.4, -0.2) is 45.6 Å². The fourth-order valence-electron chi connectivity index (χ4n) is 4.01. The highest BCUT2D eigenvalue weighted by atomic mass is 32.2. The summed E-state index contributed by atoms with van der Waals surface area (Å²) in [6.07, 6.45) is 0.840. The van der Waals surface area contributed by atoms with Crippen LogP contribution in [0, 0.1) is 6.92 Å². The van der Waals surface area contributed by atoms with E-state index in [0.717, 1.165) is 11.8 Å². The van der Waals surface area contributed by atoms with Gasteiger partial charge in [0.05, 0.1) is 36.6 Å². The van der Waals surface area contributed by atoms with Crippen molar-refractivity contribution in [3.8, 4) is 0 Å². The number of carbonyl (C=O) groups excluding carboxylic acids is 4. The molecule has 4 amide bonds. The minimum atomic E-state index is -3.75. The molecule has 0 saturated carbocycles. The summed E-state index contributed by atoms with van der Waals surface area (Å²) >= 11 is 0. The highest BCUT2D eigenvalue weighted by molar-refractivity contribution is 7.90. The number of nitrogens with one attached hydrogen (secondary N) is 4. The second-order valence-corrected chi connectivity index (χ2v) is 11.4. The van der Waals surface area contributed by atoms with Crippen LogP contribution in [0.4, 0.5) is 21.9 Å². The van der Waals surface area contributed by atoms with Gasteiger partial charge in [0.1, 0.15) is 0 Å². The SMILES string of the molecule is COC(=O)C[C@@H](NC(C)=O)c1ccc(NC(=O)Cc2ccc(NC(=O)Nc3ccccc3C)c(S(C)(=O)=O)c2)cc1. The first-order valence-electron chi connectivity index (χ1n) is 12.6. The summed E-state index contributed by atoms with van der Waals surface area (Å²) in [4.78, 5) is 48.4. The maximum Gasteiger partial charge on any atom is 0.323 e. The lowest BCUT2D eigenvalue weighted by Gasteiger charge is -2.17. The maximum absolute atomic E-state index is 12.7. The molecule has 0 aliphatic heterocycles. The van der Waals surface area contributed by atoms with E-state index in [9.17, 15) is 27.6 Å². The van der Waals surface area contributed by atoms with Crippen molar-refractivity contribution < 1.29 is 32.3 Å². The van der Waals surface area contributed by atoms with Crippen molar-refractivity contribution in [3.63, 3.8) is 0 Å². The highest BCUT2D eigenvalue weighted by Crippen LogP contribution is 2.25. The number of hydrogen-bond donors (Lipinski definition) is 4. The lowest BCUT2D eigenvalue weighted by atomic mass is 10.0. The lowest BCUT2D eigenvalue weighted by Crippen LogP contribution is -2.28. The number of amides is 4. The van der Waals surface area contributed by atoms with Gasteiger partial charge in [-0.05, 0) is 53.9 Å². The molecule has 41 heavy (non-hydrogen) atoms. The zero-order valence-electron chi connectivity index (χ0n) is 23.1. The van der Waals surface area contributed by atoms with Crippen molar-refractivity contribution in [2.45, 2.75) is 37.6 Å². The average molecular weight is 581 g/mol. The van der Waals surface area contributed by atoms with Crippen LogP contribution in [0.1, 0.15) is 36.1 Å². The molecule has 1 atom stereocenters. The number of rotatable bonds is 10. The number of hydrogen-bond acceptors (Lipinski definition) is 7. The van der Waals surface area contributed by atoms with Gasteiger partial charge >= 0.3 is 12.0 Å². The summed E-state index contributed by atoms with van der Waals surface area (Å²) in [5.74, 6) is -1.19. The van der Waals surface area contributed by atoms with E-state index in [1.54, 1.807) is 42.5 Å². The Kier molecular flexibility index (Phi) is 10.2. The summed E-state index contributed by atoms with van der Waals surface area (Å²) in [5.41, 5.74) is 3.05. The van der Waals surface area contributed by atoms with Crippen LogP contribution in [0.2, 0.25) is 0 Å². The van der Waals surface area contributed by atoms with Crippen molar-refractivity contribution in [2.24, 2.45) is 0 Å². The Labute approximate surface area is 238 Å². The number of ether oxygens (including phenoxy) is 1. The first-order chi connectivity index (χ1) is 19.3. The van der Waals surface area contributed by atoms with Crippen molar-refractivity contribution in [1.29, 1.82) is 0 Å². The van der Waals surface area contributed by atoms with Gasteiger partial charge in [-0.25, -0.2) is 13.2 Å². The highest BCUT2D eigenvalue weighted by Gasteiger charge is 2.19. The largest absolute Gasteiger partial charge is 0.469 e. The van der Waals surface area contributed by atoms with Gasteiger partial charge in [0, 0.05) is 24.6 Å². The predicted molar refractivity (Wildman–Crippen MR) is 155 cm³/mol. The Morgan fingerprint density at radius 2 is 1.54 bits per heavy atom. The molecule has 3 aromatic carbocycles. The van der Waals surface area contributed by atoms with Gasteiger partial charge < -0.3 is 26.0 Å². The monoisotopic (exact) mass is 580 g/mol. The average Bonchev–Trinajstić information content (AvgIpc) is 2.90. The molecular formula is C29H32N4O7S. The smallest absolute Gasteiger partial charge is 0.323 e. The Balaban J connectivity index is 1.70. The zero-order chi connectivity index (χ0) is 30.2. The van der Waals surface area contributed by atoms with Gasteiger partial charge in [-0.2, -0.15) is 0 Å². The number of aryl methyl sites for hydroxylation is 1. The molecule has 0 radical (unpaired) electrons. The third kappa shape index (κ3) is 9.17. The molecule has 0 aliphatic rings. The standard InChI is InChI=1S/C29H32N4O7S/c1-18-7-5-6-8-23(18)32-29(37)33-24-14-9-20(15-26(24)41(4,38)39)16-27(35)31-22-12-10-21(11-13-22)25(30-19(2)34)17-28(36)40-3/h5-15,25H,16-17H2,1-4H3,(H,30,34)(H,31,35)(H2,32,33,37)/t25-/m1/s1. The molecule has 0 fully saturated rings. The van der Waals surface area contributed by atoms with Crippen LogP contribution in [0.5, 0.6) is 0 Å². The van der Waals surface area contributed by atoms with E-state index in [2.05, 4.69) is 21.3 Å². The number of esters is 1. The van der Waals surface area contributed by atoms with Crippen molar-refractivity contribution >= 4 is 50.7 Å². The molecule has 0 aliphatic carbocycles. The number of methoxy groups -OCH3 is 1. The fraction of sp³-hybridized carbons (Fsp3) is 0.241. The Bertz CT molecular complexity index is 1550. The minimum Gasteiger partial charge on any atom is -0.469 e. The van der Waals surface area contributed by atoms with E-state index >= 15 is 0 Å². The molecule has 0 saturated heterocycles. The first kappa shape index (κ1) is 30.8. The maximum atomic E-state index is 12.7. The van der Waals surface area contributed by atoms with Crippen LogP contribution in [0.3, 0.4) is 0 Å². The molecular weight excluding hydrogens is 548 g/mol. The van der Waals surface area contributed by atoms with Crippen molar-refractivity contribution in [3.05, 3.63) is 83.4 Å². The molecule has 3 aromatic rings. The molecule has 4 N–H and O–H groups in total. The van der Waals surface area contributed by atoms with Crippen molar-refractivity contribution in [2.75, 3.05) is 29.3 Å². The van der Waals surface area contributed by atoms with Gasteiger partial charge in [-0.15, -0.1) is 0 Å². The number of anilines is 3. The first-order valence-corrected chi connectivity index (χ1v) is 14.4. The van der Waals surface area contributed by atoms with Crippen LogP contribution in [-0.2, 0) is 35.4 Å². The summed E-state index contributed by atoms with van der Waals surface area (Å²) in [7, 11) is -2.48. The van der Waals surface area contributed by atoms with Crippen LogP contribution < -0.4 is 21.3 Å². The Morgan fingerprint density at radius 3 is 2.15 bits per heavy atom. The Hall–Kier alpha value is -4.71. The molecule has 0 aromatic heterocycles. The molecule has 0 bridgehead atoms. The number of carbonyl (C=O) groups is 4. The van der Waals surface area contributed by atoms with E-state index in [-0.39, 0.29) is 29.3 Å². The minimum absolute atomic E-state index is 0.0527. The third-order valence-corrected chi connectivity index (χ3v) is 7.16. The van der Waals surface area contributed by atoms with E-state index in [1.165, 1.54) is 26.2 Å². The predicted octanol–water partition coefficient (Wildman–Crippen LogP) is 3.96. The van der Waals surface area contributed by atoms with Gasteiger partial charge in [0.25, 0.3) is 0 Å². The van der Waals surface area contributed by atoms with E-state index < -0.39 is 33.8 Å². The lowest BCUT2D eigenvalue weighted by molar-refractivity contribution is -0.141.